The van der Waals surface area contributed by atoms with Crippen molar-refractivity contribution in [2.24, 2.45) is 0 Å². The number of sulfonamides is 2. The van der Waals surface area contributed by atoms with E-state index in [9.17, 15) is 44.3 Å². The first-order valence-electron chi connectivity index (χ1n) is 11.1. The van der Waals surface area contributed by atoms with Crippen LogP contribution in [0, 0.1) is 23.3 Å². The van der Waals surface area contributed by atoms with E-state index in [-0.39, 0.29) is 5.75 Å². The quantitative estimate of drug-likeness (QED) is 0.164. The Bertz CT molecular complexity index is 1630. The van der Waals surface area contributed by atoms with Gasteiger partial charge in [-0.05, 0) is 48.5 Å². The summed E-state index contributed by atoms with van der Waals surface area (Å²) in [6, 6.07) is 6.81. The summed E-state index contributed by atoms with van der Waals surface area (Å²) >= 11 is 5.75. The van der Waals surface area contributed by atoms with Gasteiger partial charge in [0.15, 0.2) is 34.8 Å². The molecule has 41 heavy (non-hydrogen) atoms. The molecule has 0 spiro atoms. The zero-order valence-electron chi connectivity index (χ0n) is 20.7. The number of aromatic hydroxyl groups is 1. The third kappa shape index (κ3) is 7.24. The number of nitrogens with zero attached hydrogens (tertiary/aromatic N) is 2. The molecule has 0 aliphatic carbocycles. The van der Waals surface area contributed by atoms with E-state index in [2.05, 4.69) is 0 Å². The highest BCUT2D eigenvalue weighted by molar-refractivity contribution is 7.89. The Morgan fingerprint density at radius 3 is 1.88 bits per heavy atom. The molecule has 11 nitrogen and oxygen atoms in total. The molecule has 18 heteroatoms. The third-order valence-corrected chi connectivity index (χ3v) is 9.36. The van der Waals surface area contributed by atoms with Crippen LogP contribution in [0.3, 0.4) is 0 Å². The maximum Gasteiger partial charge on any atom is 0.258 e. The number of carbonyl (C=O) groups excluding carboxylic acids is 1. The second kappa shape index (κ2) is 12.6. The van der Waals surface area contributed by atoms with Gasteiger partial charge in [-0.15, -0.1) is 0 Å². The molecule has 0 saturated heterocycles. The highest BCUT2D eigenvalue weighted by atomic mass is 35.5. The first kappa shape index (κ1) is 32.0. The van der Waals surface area contributed by atoms with Crippen molar-refractivity contribution < 1.29 is 54.2 Å². The Hall–Kier alpha value is -3.48. The maximum atomic E-state index is 14.8. The molecule has 0 aliphatic heterocycles. The molecule has 0 atom stereocenters. The Morgan fingerprint density at radius 1 is 0.878 bits per heavy atom. The molecular formula is C23H20ClF4N3O8S2. The lowest BCUT2D eigenvalue weighted by Crippen LogP contribution is -2.44. The largest absolute Gasteiger partial charge is 0.503 e. The number of amides is 1. The molecule has 0 unspecified atom stereocenters. The number of halogens is 5. The number of hydroxylamine groups is 1. The molecule has 3 N–H and O–H groups in total. The van der Waals surface area contributed by atoms with E-state index in [1.54, 1.807) is 0 Å². The van der Waals surface area contributed by atoms with Crippen LogP contribution >= 0.6 is 11.6 Å². The number of rotatable bonds is 11. The summed E-state index contributed by atoms with van der Waals surface area (Å²) in [7, 11) is -8.69. The van der Waals surface area contributed by atoms with Gasteiger partial charge in [-0.1, -0.05) is 11.6 Å². The van der Waals surface area contributed by atoms with Gasteiger partial charge in [0.25, 0.3) is 5.91 Å². The Labute approximate surface area is 236 Å². The van der Waals surface area contributed by atoms with Gasteiger partial charge >= 0.3 is 0 Å². The summed E-state index contributed by atoms with van der Waals surface area (Å²) in [5.41, 5.74) is 1.18. The van der Waals surface area contributed by atoms with E-state index < -0.39 is 90.1 Å². The smallest absolute Gasteiger partial charge is 0.258 e. The lowest BCUT2D eigenvalue weighted by molar-refractivity contribution is -0.129. The number of ether oxygens (including phenoxy) is 1. The van der Waals surface area contributed by atoms with Gasteiger partial charge < -0.3 is 9.84 Å². The first-order chi connectivity index (χ1) is 19.1. The molecule has 3 rings (SSSR count). The van der Waals surface area contributed by atoms with Gasteiger partial charge in [-0.2, -0.15) is 8.61 Å². The average molecular weight is 642 g/mol. The number of benzene rings is 3. The van der Waals surface area contributed by atoms with Crippen LogP contribution in [0.15, 0.2) is 58.3 Å². The van der Waals surface area contributed by atoms with Crippen molar-refractivity contribution in [1.29, 1.82) is 0 Å². The number of hydrogen-bond acceptors (Lipinski definition) is 8. The molecule has 3 aromatic carbocycles. The molecule has 0 saturated carbocycles. The van der Waals surface area contributed by atoms with Crippen molar-refractivity contribution >= 4 is 37.6 Å². The normalized spacial score (nSPS) is 12.1. The van der Waals surface area contributed by atoms with E-state index >= 15 is 0 Å². The van der Waals surface area contributed by atoms with Crippen LogP contribution in [0.5, 0.6) is 17.2 Å². The zero-order valence-corrected chi connectivity index (χ0v) is 23.1. The summed E-state index contributed by atoms with van der Waals surface area (Å²) in [6.45, 7) is -2.70. The SMILES string of the molecule is CN(CCN(CC(=O)NO)S(=O)(=O)c1cc(F)c(Oc2ccc(Cl)cc2)c(F)c1)S(=O)(=O)c1cc(F)c(O)c(F)c1. The maximum absolute atomic E-state index is 14.8. The van der Waals surface area contributed by atoms with Crippen molar-refractivity contribution in [2.45, 2.75) is 9.79 Å². The third-order valence-electron chi connectivity index (χ3n) is 5.45. The number of phenolic OH excluding ortho intramolecular Hbond substituents is 1. The summed E-state index contributed by atoms with van der Waals surface area (Å²) in [4.78, 5) is 9.89. The van der Waals surface area contributed by atoms with Gasteiger partial charge in [0.05, 0.1) is 16.3 Å². The number of nitrogens with one attached hydrogen (secondary N) is 1. The fraction of sp³-hybridized carbons (Fsp3) is 0.174. The number of carbonyl (C=O) groups is 1. The highest BCUT2D eigenvalue weighted by Crippen LogP contribution is 2.32. The second-order valence-electron chi connectivity index (χ2n) is 8.21. The lowest BCUT2D eigenvalue weighted by Gasteiger charge is -2.24. The van der Waals surface area contributed by atoms with Crippen LogP contribution in [0.2, 0.25) is 5.02 Å². The highest BCUT2D eigenvalue weighted by Gasteiger charge is 2.31. The number of phenols is 1. The Balaban J connectivity index is 1.90. The van der Waals surface area contributed by atoms with E-state index in [0.29, 0.717) is 37.9 Å². The molecule has 0 aliphatic rings. The standard InChI is InChI=1S/C23H20ClF4N3O8S2/c1-30(40(35,36)15-8-17(25)22(33)18(26)9-15)6-7-31(12-21(32)29-34)41(37,38)16-10-19(27)23(20(28)11-16)39-14-4-2-13(24)3-5-14/h2-5,8-11,33-34H,6-7,12H2,1H3,(H,29,32). The van der Waals surface area contributed by atoms with Crippen molar-refractivity contribution in [3.63, 3.8) is 0 Å². The predicted octanol–water partition coefficient (Wildman–Crippen LogP) is 3.21. The minimum Gasteiger partial charge on any atom is -0.503 e. The van der Waals surface area contributed by atoms with E-state index in [1.807, 2.05) is 0 Å². The van der Waals surface area contributed by atoms with Gasteiger partial charge in [0.1, 0.15) is 5.75 Å². The van der Waals surface area contributed by atoms with Crippen LogP contribution in [0.1, 0.15) is 0 Å². The average Bonchev–Trinajstić information content (AvgIpc) is 2.91. The number of hydrogen-bond donors (Lipinski definition) is 3. The van der Waals surface area contributed by atoms with Crippen LogP contribution in [-0.4, -0.2) is 68.3 Å². The molecule has 0 fully saturated rings. The van der Waals surface area contributed by atoms with Gasteiger partial charge in [-0.3, -0.25) is 10.0 Å². The van der Waals surface area contributed by atoms with Crippen molar-refractivity contribution in [3.05, 3.63) is 76.8 Å². The van der Waals surface area contributed by atoms with Crippen molar-refractivity contribution in [3.8, 4) is 17.2 Å². The monoisotopic (exact) mass is 641 g/mol. The molecule has 0 aromatic heterocycles. The molecule has 0 bridgehead atoms. The van der Waals surface area contributed by atoms with E-state index in [1.165, 1.54) is 29.7 Å². The van der Waals surface area contributed by atoms with Crippen molar-refractivity contribution in [2.75, 3.05) is 26.7 Å². The minimum absolute atomic E-state index is 0.0262. The summed E-state index contributed by atoms with van der Waals surface area (Å²) in [6.07, 6.45) is 0. The van der Waals surface area contributed by atoms with Crippen LogP contribution in [-0.2, 0) is 24.8 Å². The lowest BCUT2D eigenvalue weighted by atomic mass is 10.3. The number of likely N-dealkylation sites (N-methyl/N-ethyl adjacent to an activating group) is 1. The first-order valence-corrected chi connectivity index (χ1v) is 14.3. The fourth-order valence-corrected chi connectivity index (χ4v) is 6.00. The topological polar surface area (TPSA) is 154 Å². The summed E-state index contributed by atoms with van der Waals surface area (Å²) in [5, 5.41) is 18.4. The van der Waals surface area contributed by atoms with Gasteiger partial charge in [-0.25, -0.2) is 39.9 Å². The zero-order chi connectivity index (χ0) is 30.7. The second-order valence-corrected chi connectivity index (χ2v) is 12.6. The molecule has 0 heterocycles. The Morgan fingerprint density at radius 2 is 1.37 bits per heavy atom. The van der Waals surface area contributed by atoms with Crippen LogP contribution < -0.4 is 10.2 Å². The van der Waals surface area contributed by atoms with E-state index in [0.717, 1.165) is 7.05 Å². The fourth-order valence-electron chi connectivity index (χ4n) is 3.28. The summed E-state index contributed by atoms with van der Waals surface area (Å²) in [5.74, 6) is -9.72. The molecular weight excluding hydrogens is 622 g/mol. The Kier molecular flexibility index (Phi) is 9.83. The molecule has 1 amide bonds. The predicted molar refractivity (Wildman–Crippen MR) is 134 cm³/mol. The van der Waals surface area contributed by atoms with Gasteiger partial charge in [0, 0.05) is 25.2 Å². The van der Waals surface area contributed by atoms with Crippen LogP contribution in [0.25, 0.3) is 0 Å². The molecule has 3 aromatic rings. The summed E-state index contributed by atoms with van der Waals surface area (Å²) < 4.78 is 115. The molecule has 0 radical (unpaired) electrons. The van der Waals surface area contributed by atoms with Crippen molar-refractivity contribution in [1.82, 2.24) is 14.1 Å². The van der Waals surface area contributed by atoms with Crippen LogP contribution in [0.4, 0.5) is 17.6 Å². The minimum atomic E-state index is -4.94. The van der Waals surface area contributed by atoms with E-state index in [4.69, 9.17) is 21.5 Å². The van der Waals surface area contributed by atoms with Gasteiger partial charge in [0.2, 0.25) is 20.0 Å². The molecule has 222 valence electrons.